The van der Waals surface area contributed by atoms with Crippen molar-refractivity contribution in [2.45, 2.75) is 19.6 Å². The highest BCUT2D eigenvalue weighted by molar-refractivity contribution is 5.66. The minimum absolute atomic E-state index is 0.949. The molecule has 0 unspecified atom stereocenters. The number of hydrogen-bond acceptors (Lipinski definition) is 5. The third kappa shape index (κ3) is 5.29. The van der Waals surface area contributed by atoms with Gasteiger partial charge < -0.3 is 9.84 Å². The molecule has 0 aliphatic rings. The zero-order valence-corrected chi connectivity index (χ0v) is 5.75. The molecule has 10 heavy (non-hydrogen) atoms. The molecule has 0 aromatic rings. The molecule has 0 aromatic carbocycles. The molecule has 60 valence electrons. The van der Waals surface area contributed by atoms with Gasteiger partial charge in [0.05, 0.1) is 0 Å². The van der Waals surface area contributed by atoms with E-state index in [1.807, 2.05) is 0 Å². The maximum atomic E-state index is 10.4. The van der Waals surface area contributed by atoms with Crippen molar-refractivity contribution in [2.75, 3.05) is 0 Å². The smallest absolute Gasteiger partial charge is 0.416 e. The van der Waals surface area contributed by atoms with Crippen molar-refractivity contribution < 1.29 is 19.6 Å². The number of aliphatic hydroxyl groups is 1. The lowest BCUT2D eigenvalue weighted by molar-refractivity contribution is -0.141. The number of nitrogens with two attached hydrogens (primary N) is 1. The number of hydrogen-bond donors (Lipinski definition) is 3. The first-order valence-corrected chi connectivity index (χ1v) is 2.53. The topological polar surface area (TPSA) is 93.8 Å². The quantitative estimate of drug-likeness (QED) is 0.355. The number of nitrogens with one attached hydrogen (secondary N) is 1. The van der Waals surface area contributed by atoms with Crippen LogP contribution in [0.4, 0.5) is 4.79 Å². The highest BCUT2D eigenvalue weighted by Crippen LogP contribution is 2.01. The second-order valence-electron chi connectivity index (χ2n) is 2.06. The van der Waals surface area contributed by atoms with E-state index in [0.29, 0.717) is 0 Å². The highest BCUT2D eigenvalue weighted by atomic mass is 16.8. The van der Waals surface area contributed by atoms with Gasteiger partial charge in [-0.15, -0.1) is 0 Å². The van der Waals surface area contributed by atoms with Crippen LogP contribution in [0.3, 0.4) is 0 Å². The molecule has 0 rings (SSSR count). The van der Waals surface area contributed by atoms with Gasteiger partial charge in [-0.25, -0.2) is 4.79 Å². The molecular weight excluding hydrogens is 140 g/mol. The Balaban J connectivity index is 3.58. The summed E-state index contributed by atoms with van der Waals surface area (Å²) in [6, 6.07) is 0. The van der Waals surface area contributed by atoms with Crippen molar-refractivity contribution in [1.82, 2.24) is 5.48 Å². The Kier molecular flexibility index (Phi) is 3.07. The van der Waals surface area contributed by atoms with Crippen LogP contribution >= 0.6 is 0 Å². The minimum atomic E-state index is -1.53. The van der Waals surface area contributed by atoms with E-state index in [2.05, 4.69) is 15.6 Å². The standard InChI is InChI=1S/C4H10N2O4/c1-4(2,8)9-3(7)6-10-5/h8H,5H2,1-2H3,(H,6,7). The summed E-state index contributed by atoms with van der Waals surface area (Å²) in [5.41, 5.74) is 1.66. The normalized spacial score (nSPS) is 10.8. The number of amides is 1. The fourth-order valence-corrected chi connectivity index (χ4v) is 0.296. The number of ether oxygens (including phenoxy) is 1. The second kappa shape index (κ2) is 3.35. The van der Waals surface area contributed by atoms with Crippen molar-refractivity contribution in [2.24, 2.45) is 5.90 Å². The van der Waals surface area contributed by atoms with Crippen molar-refractivity contribution in [3.63, 3.8) is 0 Å². The van der Waals surface area contributed by atoms with Gasteiger partial charge in [0.15, 0.2) is 0 Å². The summed E-state index contributed by atoms with van der Waals surface area (Å²) >= 11 is 0. The van der Waals surface area contributed by atoms with Gasteiger partial charge >= 0.3 is 6.09 Å². The first-order chi connectivity index (χ1) is 4.45. The lowest BCUT2D eigenvalue weighted by atomic mass is 10.4. The molecule has 0 aliphatic heterocycles. The van der Waals surface area contributed by atoms with Crippen molar-refractivity contribution >= 4 is 6.09 Å². The minimum Gasteiger partial charge on any atom is -0.416 e. The van der Waals surface area contributed by atoms with E-state index in [1.54, 1.807) is 5.48 Å². The number of carbonyl (C=O) groups excluding carboxylic acids is 1. The Hall–Kier alpha value is -0.850. The lowest BCUT2D eigenvalue weighted by Gasteiger charge is -2.16. The maximum Gasteiger partial charge on any atom is 0.435 e. The summed E-state index contributed by atoms with van der Waals surface area (Å²) in [5, 5.41) is 8.84. The molecule has 6 nitrogen and oxygen atoms in total. The highest BCUT2D eigenvalue weighted by Gasteiger charge is 2.17. The van der Waals surface area contributed by atoms with E-state index >= 15 is 0 Å². The van der Waals surface area contributed by atoms with E-state index in [1.165, 1.54) is 13.8 Å². The van der Waals surface area contributed by atoms with Crippen LogP contribution in [-0.2, 0) is 9.68 Å². The first kappa shape index (κ1) is 9.15. The van der Waals surface area contributed by atoms with Crippen LogP contribution in [0.2, 0.25) is 0 Å². The van der Waals surface area contributed by atoms with Crippen LogP contribution in [0.15, 0.2) is 0 Å². The Morgan fingerprint density at radius 2 is 2.20 bits per heavy atom. The van der Waals surface area contributed by atoms with Gasteiger partial charge in [0.1, 0.15) is 0 Å². The molecule has 0 saturated carbocycles. The lowest BCUT2D eigenvalue weighted by Crippen LogP contribution is -2.35. The van der Waals surface area contributed by atoms with Crippen LogP contribution < -0.4 is 11.4 Å². The summed E-state index contributed by atoms with van der Waals surface area (Å²) in [6.07, 6.45) is -0.949. The monoisotopic (exact) mass is 150 g/mol. The maximum absolute atomic E-state index is 10.4. The Bertz CT molecular complexity index is 119. The Morgan fingerprint density at radius 3 is 2.50 bits per heavy atom. The van der Waals surface area contributed by atoms with Crippen LogP contribution in [0.5, 0.6) is 0 Å². The molecule has 0 heterocycles. The fourth-order valence-electron chi connectivity index (χ4n) is 0.296. The summed E-state index contributed by atoms with van der Waals surface area (Å²) in [7, 11) is 0. The van der Waals surface area contributed by atoms with E-state index in [0.717, 1.165) is 0 Å². The molecule has 0 aliphatic carbocycles. The SMILES string of the molecule is CC(C)(O)OC(=O)NON. The first-order valence-electron chi connectivity index (χ1n) is 2.53. The zero-order valence-electron chi connectivity index (χ0n) is 5.75. The predicted molar refractivity (Wildman–Crippen MR) is 31.2 cm³/mol. The molecule has 0 fully saturated rings. The third-order valence-corrected chi connectivity index (χ3v) is 0.485. The Morgan fingerprint density at radius 1 is 1.70 bits per heavy atom. The fraction of sp³-hybridized carbons (Fsp3) is 0.750. The van der Waals surface area contributed by atoms with Crippen LogP contribution in [0, 0.1) is 0 Å². The van der Waals surface area contributed by atoms with E-state index in [4.69, 9.17) is 5.11 Å². The van der Waals surface area contributed by atoms with E-state index in [-0.39, 0.29) is 0 Å². The van der Waals surface area contributed by atoms with Gasteiger partial charge in [0.2, 0.25) is 5.79 Å². The third-order valence-electron chi connectivity index (χ3n) is 0.485. The van der Waals surface area contributed by atoms with Crippen molar-refractivity contribution in [3.05, 3.63) is 0 Å². The van der Waals surface area contributed by atoms with Gasteiger partial charge in [0, 0.05) is 13.8 Å². The number of hydroxylamine groups is 1. The van der Waals surface area contributed by atoms with E-state index in [9.17, 15) is 4.79 Å². The van der Waals surface area contributed by atoms with Gasteiger partial charge in [0.25, 0.3) is 0 Å². The molecule has 0 aromatic heterocycles. The number of rotatable bonds is 2. The molecule has 0 radical (unpaired) electrons. The molecule has 0 bridgehead atoms. The van der Waals surface area contributed by atoms with Gasteiger partial charge in [-0.05, 0) is 0 Å². The van der Waals surface area contributed by atoms with Crippen LogP contribution in [0.25, 0.3) is 0 Å². The van der Waals surface area contributed by atoms with E-state index < -0.39 is 11.9 Å². The van der Waals surface area contributed by atoms with Crippen LogP contribution in [-0.4, -0.2) is 17.0 Å². The van der Waals surface area contributed by atoms with Crippen molar-refractivity contribution in [3.8, 4) is 0 Å². The van der Waals surface area contributed by atoms with Gasteiger partial charge in [-0.3, -0.25) is 0 Å². The second-order valence-corrected chi connectivity index (χ2v) is 2.06. The Labute approximate surface area is 57.8 Å². The molecule has 6 heteroatoms. The molecule has 1 amide bonds. The largest absolute Gasteiger partial charge is 0.435 e. The summed E-state index contributed by atoms with van der Waals surface area (Å²) in [6.45, 7) is 2.59. The predicted octanol–water partition coefficient (Wildman–Crippen LogP) is -0.754. The average Bonchev–Trinajstić information content (AvgIpc) is 1.59. The average molecular weight is 150 g/mol. The number of carbonyl (C=O) groups is 1. The summed E-state index contributed by atoms with van der Waals surface area (Å²) in [4.78, 5) is 14.1. The molecule has 0 saturated heterocycles. The van der Waals surface area contributed by atoms with Crippen molar-refractivity contribution in [1.29, 1.82) is 0 Å². The van der Waals surface area contributed by atoms with Crippen LogP contribution in [0.1, 0.15) is 13.8 Å². The molecule has 4 N–H and O–H groups in total. The zero-order chi connectivity index (χ0) is 8.20. The summed E-state index contributed by atoms with van der Waals surface area (Å²) in [5.74, 6) is 2.93. The van der Waals surface area contributed by atoms with Gasteiger partial charge in [-0.1, -0.05) is 0 Å². The summed E-state index contributed by atoms with van der Waals surface area (Å²) < 4.78 is 4.28. The molecule has 0 atom stereocenters. The molecular formula is C4H10N2O4. The van der Waals surface area contributed by atoms with Gasteiger partial charge in [-0.2, -0.15) is 16.3 Å². The molecule has 0 spiro atoms.